The lowest BCUT2D eigenvalue weighted by molar-refractivity contribution is 0.100. The van der Waals surface area contributed by atoms with E-state index < -0.39 is 5.91 Å². The second kappa shape index (κ2) is 6.68. The number of hydrogen-bond donors (Lipinski definition) is 2. The van der Waals surface area contributed by atoms with Gasteiger partial charge in [-0.15, -0.1) is 0 Å². The highest BCUT2D eigenvalue weighted by atomic mass is 16.5. The highest BCUT2D eigenvalue weighted by Gasteiger charge is 2.02. The van der Waals surface area contributed by atoms with Crippen molar-refractivity contribution in [2.45, 2.75) is 13.5 Å². The Kier molecular flexibility index (Phi) is 4.68. The number of nitrogens with zero attached hydrogens (tertiary/aromatic N) is 1. The molecule has 0 fully saturated rings. The molecule has 0 radical (unpaired) electrons. The summed E-state index contributed by atoms with van der Waals surface area (Å²) < 4.78 is 5.69. The van der Waals surface area contributed by atoms with Gasteiger partial charge in [0, 0.05) is 18.3 Å². The van der Waals surface area contributed by atoms with Crippen molar-refractivity contribution in [1.29, 1.82) is 0 Å². The minimum absolute atomic E-state index is 0.453. The zero-order valence-electron chi connectivity index (χ0n) is 11.3. The Balaban J connectivity index is 2.07. The zero-order valence-corrected chi connectivity index (χ0v) is 11.3. The number of carbonyl (C=O) groups excluding carboxylic acids is 1. The summed E-state index contributed by atoms with van der Waals surface area (Å²) in [4.78, 5) is 15.1. The maximum absolute atomic E-state index is 11.0. The summed E-state index contributed by atoms with van der Waals surface area (Å²) in [5.41, 5.74) is 6.69. The fourth-order valence-corrected chi connectivity index (χ4v) is 1.71. The molecule has 0 saturated heterocycles. The van der Waals surface area contributed by atoms with Gasteiger partial charge >= 0.3 is 0 Å². The van der Waals surface area contributed by atoms with Gasteiger partial charge in [0.05, 0.1) is 6.20 Å². The first-order valence-corrected chi connectivity index (χ1v) is 6.41. The normalized spacial score (nSPS) is 10.2. The smallest absolute Gasteiger partial charge is 0.248 e. The van der Waals surface area contributed by atoms with Crippen molar-refractivity contribution in [3.05, 3.63) is 53.9 Å². The minimum atomic E-state index is -0.453. The largest absolute Gasteiger partial charge is 0.456 e. The predicted molar refractivity (Wildman–Crippen MR) is 76.7 cm³/mol. The lowest BCUT2D eigenvalue weighted by Gasteiger charge is -2.07. The molecule has 1 aromatic carbocycles. The molecule has 5 heteroatoms. The molecule has 3 N–H and O–H groups in total. The quantitative estimate of drug-likeness (QED) is 0.843. The number of aromatic nitrogens is 1. The van der Waals surface area contributed by atoms with E-state index in [1.165, 1.54) is 0 Å². The summed E-state index contributed by atoms with van der Waals surface area (Å²) in [5, 5.41) is 3.23. The van der Waals surface area contributed by atoms with Gasteiger partial charge in [-0.3, -0.25) is 9.78 Å². The van der Waals surface area contributed by atoms with Crippen molar-refractivity contribution in [2.24, 2.45) is 5.73 Å². The van der Waals surface area contributed by atoms with Crippen LogP contribution < -0.4 is 15.8 Å². The van der Waals surface area contributed by atoms with Crippen LogP contribution in [0.4, 0.5) is 0 Å². The maximum atomic E-state index is 11.0. The van der Waals surface area contributed by atoms with Crippen LogP contribution in [0.25, 0.3) is 0 Å². The third-order valence-electron chi connectivity index (χ3n) is 2.72. The maximum Gasteiger partial charge on any atom is 0.248 e. The lowest BCUT2D eigenvalue weighted by Crippen LogP contribution is -2.11. The number of ether oxygens (including phenoxy) is 1. The summed E-state index contributed by atoms with van der Waals surface area (Å²) >= 11 is 0. The third kappa shape index (κ3) is 3.80. The first-order chi connectivity index (χ1) is 9.69. The van der Waals surface area contributed by atoms with Gasteiger partial charge in [-0.05, 0) is 42.4 Å². The standard InChI is InChI=1S/C15H17N3O2/c1-2-17-8-11-7-14(10-18-9-11)20-13-5-3-12(4-6-13)15(16)19/h3-7,9-10,17H,2,8H2,1H3,(H2,16,19). The number of benzene rings is 1. The summed E-state index contributed by atoms with van der Waals surface area (Å²) in [6.45, 7) is 3.70. The minimum Gasteiger partial charge on any atom is -0.456 e. The van der Waals surface area contributed by atoms with Crippen LogP contribution in [0.2, 0.25) is 0 Å². The van der Waals surface area contributed by atoms with Crippen LogP contribution in [0.5, 0.6) is 11.5 Å². The molecule has 0 bridgehead atoms. The van der Waals surface area contributed by atoms with Crippen molar-refractivity contribution < 1.29 is 9.53 Å². The lowest BCUT2D eigenvalue weighted by atomic mass is 10.2. The van der Waals surface area contributed by atoms with Crippen molar-refractivity contribution in [3.63, 3.8) is 0 Å². The molecule has 20 heavy (non-hydrogen) atoms. The summed E-state index contributed by atoms with van der Waals surface area (Å²) in [7, 11) is 0. The summed E-state index contributed by atoms with van der Waals surface area (Å²) in [6.07, 6.45) is 3.45. The van der Waals surface area contributed by atoms with Gasteiger partial charge in [0.1, 0.15) is 11.5 Å². The van der Waals surface area contributed by atoms with Crippen LogP contribution in [-0.2, 0) is 6.54 Å². The highest BCUT2D eigenvalue weighted by Crippen LogP contribution is 2.21. The van der Waals surface area contributed by atoms with E-state index in [2.05, 4.69) is 10.3 Å². The predicted octanol–water partition coefficient (Wildman–Crippen LogP) is 2.08. The van der Waals surface area contributed by atoms with Gasteiger partial charge in [-0.2, -0.15) is 0 Å². The highest BCUT2D eigenvalue weighted by molar-refractivity contribution is 5.92. The number of nitrogens with two attached hydrogens (primary N) is 1. The molecule has 1 heterocycles. The number of pyridine rings is 1. The van der Waals surface area contributed by atoms with Gasteiger partial charge < -0.3 is 15.8 Å². The number of hydrogen-bond acceptors (Lipinski definition) is 4. The molecule has 0 atom stereocenters. The van der Waals surface area contributed by atoms with Crippen molar-refractivity contribution in [1.82, 2.24) is 10.3 Å². The Morgan fingerprint density at radius 3 is 2.65 bits per heavy atom. The van der Waals surface area contributed by atoms with Crippen LogP contribution in [0, 0.1) is 0 Å². The van der Waals surface area contributed by atoms with E-state index >= 15 is 0 Å². The molecule has 1 aromatic heterocycles. The Bertz CT molecular complexity index is 582. The number of primary amides is 1. The van der Waals surface area contributed by atoms with Crippen LogP contribution in [-0.4, -0.2) is 17.4 Å². The molecule has 2 rings (SSSR count). The molecular formula is C15H17N3O2. The fraction of sp³-hybridized carbons (Fsp3) is 0.200. The van der Waals surface area contributed by atoms with Gasteiger partial charge in [0.15, 0.2) is 0 Å². The number of carbonyl (C=O) groups is 1. The SMILES string of the molecule is CCNCc1cncc(Oc2ccc(C(N)=O)cc2)c1. The number of nitrogens with one attached hydrogen (secondary N) is 1. The van der Waals surface area contributed by atoms with E-state index in [1.54, 1.807) is 36.7 Å². The zero-order chi connectivity index (χ0) is 14.4. The van der Waals surface area contributed by atoms with Crippen LogP contribution in [0.15, 0.2) is 42.7 Å². The summed E-state index contributed by atoms with van der Waals surface area (Å²) in [6, 6.07) is 8.60. The average Bonchev–Trinajstić information content (AvgIpc) is 2.46. The Morgan fingerprint density at radius 2 is 2.00 bits per heavy atom. The van der Waals surface area contributed by atoms with E-state index in [0.717, 1.165) is 18.7 Å². The first-order valence-electron chi connectivity index (χ1n) is 6.41. The second-order valence-corrected chi connectivity index (χ2v) is 4.30. The van der Waals surface area contributed by atoms with Crippen molar-refractivity contribution >= 4 is 5.91 Å². The van der Waals surface area contributed by atoms with Crippen LogP contribution in [0.3, 0.4) is 0 Å². The first kappa shape index (κ1) is 14.0. The molecule has 5 nitrogen and oxygen atoms in total. The third-order valence-corrected chi connectivity index (χ3v) is 2.72. The van der Waals surface area contributed by atoms with E-state index in [0.29, 0.717) is 17.1 Å². The van der Waals surface area contributed by atoms with E-state index in [9.17, 15) is 4.79 Å². The van der Waals surface area contributed by atoms with Gasteiger partial charge in [-0.25, -0.2) is 0 Å². The second-order valence-electron chi connectivity index (χ2n) is 4.30. The number of amides is 1. The molecule has 0 saturated carbocycles. The molecule has 104 valence electrons. The van der Waals surface area contributed by atoms with Crippen molar-refractivity contribution in [3.8, 4) is 11.5 Å². The van der Waals surface area contributed by atoms with E-state index in [-0.39, 0.29) is 0 Å². The van der Waals surface area contributed by atoms with E-state index in [4.69, 9.17) is 10.5 Å². The van der Waals surface area contributed by atoms with Crippen LogP contribution >= 0.6 is 0 Å². The molecule has 1 amide bonds. The summed E-state index contributed by atoms with van der Waals surface area (Å²) in [5.74, 6) is 0.843. The topological polar surface area (TPSA) is 77.2 Å². The van der Waals surface area contributed by atoms with Crippen molar-refractivity contribution in [2.75, 3.05) is 6.54 Å². The van der Waals surface area contributed by atoms with Crippen LogP contribution in [0.1, 0.15) is 22.8 Å². The molecule has 0 spiro atoms. The Labute approximate surface area is 117 Å². The average molecular weight is 271 g/mol. The molecule has 0 aliphatic carbocycles. The Morgan fingerprint density at radius 1 is 1.25 bits per heavy atom. The Hall–Kier alpha value is -2.40. The molecule has 0 aliphatic rings. The number of rotatable bonds is 6. The fourth-order valence-electron chi connectivity index (χ4n) is 1.71. The van der Waals surface area contributed by atoms with Gasteiger partial charge in [0.25, 0.3) is 0 Å². The molecule has 0 unspecified atom stereocenters. The molecular weight excluding hydrogens is 254 g/mol. The molecule has 0 aliphatic heterocycles. The van der Waals surface area contributed by atoms with E-state index in [1.807, 2.05) is 13.0 Å². The monoisotopic (exact) mass is 271 g/mol. The molecule has 2 aromatic rings. The van der Waals surface area contributed by atoms with Gasteiger partial charge in [-0.1, -0.05) is 6.92 Å². The van der Waals surface area contributed by atoms with Gasteiger partial charge in [0.2, 0.25) is 5.91 Å².